The first-order chi connectivity index (χ1) is 9.69. The van der Waals surface area contributed by atoms with Crippen LogP contribution in [0, 0.1) is 11.3 Å². The number of para-hydroxylation sites is 1. The van der Waals surface area contributed by atoms with Crippen LogP contribution in [-0.2, 0) is 6.54 Å². The molecule has 3 aromatic rings. The predicted molar refractivity (Wildman–Crippen MR) is 82.1 cm³/mol. The number of anilines is 1. The number of aromatic nitrogens is 2. The zero-order chi connectivity index (χ0) is 14.1. The first kappa shape index (κ1) is 12.7. The van der Waals surface area contributed by atoms with E-state index >= 15 is 0 Å². The number of halogens is 1. The molecule has 3 rings (SSSR count). The van der Waals surface area contributed by atoms with Crippen LogP contribution in [0.2, 0.25) is 0 Å². The van der Waals surface area contributed by atoms with Crippen LogP contribution in [0.5, 0.6) is 0 Å². The minimum Gasteiger partial charge on any atom is -0.369 e. The summed E-state index contributed by atoms with van der Waals surface area (Å²) in [6.07, 6.45) is 0. The molecule has 0 amide bonds. The number of imidazole rings is 1. The van der Waals surface area contributed by atoms with E-state index < -0.39 is 0 Å². The first-order valence-electron chi connectivity index (χ1n) is 6.08. The van der Waals surface area contributed by atoms with Crippen LogP contribution in [0.15, 0.2) is 46.9 Å². The average Bonchev–Trinajstić information content (AvgIpc) is 2.77. The highest BCUT2D eigenvalue weighted by Crippen LogP contribution is 2.22. The van der Waals surface area contributed by atoms with E-state index in [1.54, 1.807) is 6.07 Å². The molecule has 1 aromatic heterocycles. The number of hydrogen-bond acceptors (Lipinski definition) is 3. The van der Waals surface area contributed by atoms with E-state index in [1.165, 1.54) is 0 Å². The number of nitrogens with zero attached hydrogens (tertiary/aromatic N) is 3. The minimum absolute atomic E-state index is 0.422. The summed E-state index contributed by atoms with van der Waals surface area (Å²) in [5, 5.41) is 9.11. The van der Waals surface area contributed by atoms with Crippen molar-refractivity contribution in [3.8, 4) is 6.07 Å². The van der Waals surface area contributed by atoms with E-state index in [0.717, 1.165) is 15.6 Å². The van der Waals surface area contributed by atoms with Gasteiger partial charge < -0.3 is 10.3 Å². The highest BCUT2D eigenvalue weighted by Gasteiger charge is 2.11. The molecular formula is C15H11BrN4. The summed E-state index contributed by atoms with van der Waals surface area (Å²) in [7, 11) is 0. The highest BCUT2D eigenvalue weighted by molar-refractivity contribution is 9.10. The smallest absolute Gasteiger partial charge is 0.201 e. The third-order valence-electron chi connectivity index (χ3n) is 3.18. The molecule has 1 heterocycles. The monoisotopic (exact) mass is 326 g/mol. The molecule has 5 heteroatoms. The minimum atomic E-state index is 0.422. The van der Waals surface area contributed by atoms with Crippen molar-refractivity contribution in [2.24, 2.45) is 0 Å². The Bertz CT molecular complexity index is 812. The summed E-state index contributed by atoms with van der Waals surface area (Å²) >= 11 is 3.42. The molecule has 0 bridgehead atoms. The Morgan fingerprint density at radius 3 is 2.65 bits per heavy atom. The lowest BCUT2D eigenvalue weighted by atomic mass is 10.2. The van der Waals surface area contributed by atoms with E-state index in [-0.39, 0.29) is 0 Å². The Morgan fingerprint density at radius 2 is 1.95 bits per heavy atom. The summed E-state index contributed by atoms with van der Waals surface area (Å²) in [6, 6.07) is 15.7. The van der Waals surface area contributed by atoms with Crippen molar-refractivity contribution in [2.45, 2.75) is 6.54 Å². The molecule has 20 heavy (non-hydrogen) atoms. The fourth-order valence-electron chi connectivity index (χ4n) is 2.19. The van der Waals surface area contributed by atoms with Gasteiger partial charge >= 0.3 is 0 Å². The lowest BCUT2D eigenvalue weighted by molar-refractivity contribution is 0.838. The van der Waals surface area contributed by atoms with Crippen LogP contribution in [-0.4, -0.2) is 9.55 Å². The molecule has 0 aliphatic heterocycles. The average molecular weight is 327 g/mol. The van der Waals surface area contributed by atoms with Gasteiger partial charge in [0, 0.05) is 4.47 Å². The SMILES string of the molecule is N#Cc1cccc2c1nc(N)n2Cc1ccc(Br)cc1. The Labute approximate surface area is 124 Å². The number of benzene rings is 2. The summed E-state index contributed by atoms with van der Waals surface area (Å²) in [5.41, 5.74) is 9.20. The van der Waals surface area contributed by atoms with Gasteiger partial charge in [-0.25, -0.2) is 4.98 Å². The van der Waals surface area contributed by atoms with Gasteiger partial charge in [0.15, 0.2) is 0 Å². The third-order valence-corrected chi connectivity index (χ3v) is 3.71. The van der Waals surface area contributed by atoms with E-state index in [4.69, 9.17) is 11.0 Å². The molecule has 2 aromatic carbocycles. The van der Waals surface area contributed by atoms with Crippen molar-refractivity contribution in [1.82, 2.24) is 9.55 Å². The number of hydrogen-bond donors (Lipinski definition) is 1. The van der Waals surface area contributed by atoms with Gasteiger partial charge in [0.25, 0.3) is 0 Å². The topological polar surface area (TPSA) is 67.6 Å². The molecule has 2 N–H and O–H groups in total. The van der Waals surface area contributed by atoms with Crippen LogP contribution < -0.4 is 5.73 Å². The fraction of sp³-hybridized carbons (Fsp3) is 0.0667. The van der Waals surface area contributed by atoms with Gasteiger partial charge in [-0.05, 0) is 29.8 Å². The number of fused-ring (bicyclic) bond motifs is 1. The largest absolute Gasteiger partial charge is 0.369 e. The summed E-state index contributed by atoms with van der Waals surface area (Å²) in [5.74, 6) is 0.422. The van der Waals surface area contributed by atoms with Gasteiger partial charge in [-0.1, -0.05) is 34.1 Å². The normalized spacial score (nSPS) is 10.6. The maximum Gasteiger partial charge on any atom is 0.201 e. The van der Waals surface area contributed by atoms with Gasteiger partial charge in [0.1, 0.15) is 11.6 Å². The molecular weight excluding hydrogens is 316 g/mol. The zero-order valence-corrected chi connectivity index (χ0v) is 12.1. The van der Waals surface area contributed by atoms with Crippen LogP contribution in [0.25, 0.3) is 11.0 Å². The molecule has 98 valence electrons. The van der Waals surface area contributed by atoms with Crippen molar-refractivity contribution < 1.29 is 0 Å². The highest BCUT2D eigenvalue weighted by atomic mass is 79.9. The molecule has 0 fully saturated rings. The molecule has 0 spiro atoms. The number of nitriles is 1. The second-order valence-corrected chi connectivity index (χ2v) is 5.38. The van der Waals surface area contributed by atoms with Gasteiger partial charge in [0.05, 0.1) is 17.6 Å². The molecule has 0 saturated heterocycles. The zero-order valence-electron chi connectivity index (χ0n) is 10.5. The summed E-state index contributed by atoms with van der Waals surface area (Å²) < 4.78 is 2.95. The molecule has 0 saturated carbocycles. The van der Waals surface area contributed by atoms with Crippen LogP contribution >= 0.6 is 15.9 Å². The van der Waals surface area contributed by atoms with Crippen molar-refractivity contribution in [3.05, 3.63) is 58.1 Å². The molecule has 4 nitrogen and oxygen atoms in total. The number of nitrogen functional groups attached to an aromatic ring is 1. The Kier molecular flexibility index (Phi) is 3.17. The van der Waals surface area contributed by atoms with Gasteiger partial charge in [-0.3, -0.25) is 0 Å². The van der Waals surface area contributed by atoms with E-state index in [0.29, 0.717) is 23.6 Å². The summed E-state index contributed by atoms with van der Waals surface area (Å²) in [6.45, 7) is 0.629. The lowest BCUT2D eigenvalue weighted by Gasteiger charge is -2.06. The number of nitrogens with two attached hydrogens (primary N) is 1. The van der Waals surface area contributed by atoms with E-state index in [1.807, 2.05) is 41.0 Å². The summed E-state index contributed by atoms with van der Waals surface area (Å²) in [4.78, 5) is 4.31. The number of rotatable bonds is 2. The van der Waals surface area contributed by atoms with Gasteiger partial charge in [0.2, 0.25) is 5.95 Å². The lowest BCUT2D eigenvalue weighted by Crippen LogP contribution is -2.04. The van der Waals surface area contributed by atoms with Crippen LogP contribution in [0.3, 0.4) is 0 Å². The second kappa shape index (κ2) is 4.99. The Morgan fingerprint density at radius 1 is 1.20 bits per heavy atom. The van der Waals surface area contributed by atoms with Crippen molar-refractivity contribution in [3.63, 3.8) is 0 Å². The van der Waals surface area contributed by atoms with E-state index in [9.17, 15) is 0 Å². The quantitative estimate of drug-likeness (QED) is 0.785. The molecule has 0 radical (unpaired) electrons. The van der Waals surface area contributed by atoms with Crippen LogP contribution in [0.1, 0.15) is 11.1 Å². The van der Waals surface area contributed by atoms with Crippen molar-refractivity contribution >= 4 is 32.9 Å². The van der Waals surface area contributed by atoms with Gasteiger partial charge in [-0.2, -0.15) is 5.26 Å². The fourth-order valence-corrected chi connectivity index (χ4v) is 2.46. The second-order valence-electron chi connectivity index (χ2n) is 4.47. The maximum atomic E-state index is 9.11. The Balaban J connectivity index is 2.10. The maximum absolute atomic E-state index is 9.11. The van der Waals surface area contributed by atoms with Crippen molar-refractivity contribution in [1.29, 1.82) is 5.26 Å². The first-order valence-corrected chi connectivity index (χ1v) is 6.87. The molecule has 0 aliphatic carbocycles. The predicted octanol–water partition coefficient (Wildman–Crippen LogP) is 3.30. The molecule has 0 unspecified atom stereocenters. The third kappa shape index (κ3) is 2.15. The van der Waals surface area contributed by atoms with Gasteiger partial charge in [-0.15, -0.1) is 0 Å². The standard InChI is InChI=1S/C15H11BrN4/c16-12-6-4-10(5-7-12)9-20-13-3-1-2-11(8-17)14(13)19-15(20)18/h1-7H,9H2,(H2,18,19). The Hall–Kier alpha value is -2.32. The molecule has 0 atom stereocenters. The van der Waals surface area contributed by atoms with Crippen LogP contribution in [0.4, 0.5) is 5.95 Å². The molecule has 0 aliphatic rings. The van der Waals surface area contributed by atoms with E-state index in [2.05, 4.69) is 27.0 Å². The van der Waals surface area contributed by atoms with Crippen molar-refractivity contribution in [2.75, 3.05) is 5.73 Å².